The summed E-state index contributed by atoms with van der Waals surface area (Å²) in [6.07, 6.45) is 1.16. The van der Waals surface area contributed by atoms with Gasteiger partial charge in [0.05, 0.1) is 0 Å². The molecule has 0 unspecified atom stereocenters. The third-order valence-electron chi connectivity index (χ3n) is 0.949. The maximum Gasteiger partial charge on any atom is 0.330 e. The maximum absolute atomic E-state index is 10.4. The van der Waals surface area contributed by atoms with Crippen molar-refractivity contribution in [3.8, 4) is 0 Å². The molecule has 0 rings (SSSR count). The number of ether oxygens (including phenoxy) is 1. The van der Waals surface area contributed by atoms with E-state index in [1.807, 2.05) is 19.0 Å². The number of rotatable bonds is 4. The minimum atomic E-state index is -0.359. The molecule has 4 heteroatoms. The molecule has 0 radical (unpaired) electrons. The first-order chi connectivity index (χ1) is 4.66. The monoisotopic (exact) mass is 179 g/mol. The first-order valence-electron chi connectivity index (χ1n) is 3.10. The lowest BCUT2D eigenvalue weighted by Crippen LogP contribution is -2.19. The highest BCUT2D eigenvalue weighted by molar-refractivity contribution is 5.85. The summed E-state index contributed by atoms with van der Waals surface area (Å²) in [5.74, 6) is -0.359. The van der Waals surface area contributed by atoms with Crippen LogP contribution in [0.1, 0.15) is 0 Å². The zero-order valence-corrected chi connectivity index (χ0v) is 7.69. The van der Waals surface area contributed by atoms with Crippen molar-refractivity contribution in [3.05, 3.63) is 12.7 Å². The molecule has 0 bridgehead atoms. The number of hydrogen-bond acceptors (Lipinski definition) is 3. The Labute approximate surface area is 73.4 Å². The Morgan fingerprint density at radius 1 is 1.64 bits per heavy atom. The van der Waals surface area contributed by atoms with Crippen molar-refractivity contribution in [2.24, 2.45) is 0 Å². The number of nitrogens with zero attached hydrogens (tertiary/aromatic N) is 1. The topological polar surface area (TPSA) is 29.5 Å². The molecule has 0 amide bonds. The molecular formula is C7H14ClNO2. The van der Waals surface area contributed by atoms with Crippen molar-refractivity contribution in [3.63, 3.8) is 0 Å². The van der Waals surface area contributed by atoms with Crippen LogP contribution >= 0.6 is 12.4 Å². The molecule has 0 aliphatic heterocycles. The van der Waals surface area contributed by atoms with Crippen LogP contribution < -0.4 is 0 Å². The molecule has 11 heavy (non-hydrogen) atoms. The lowest BCUT2D eigenvalue weighted by atomic mass is 10.6. The van der Waals surface area contributed by atoms with Crippen molar-refractivity contribution in [2.75, 3.05) is 27.2 Å². The lowest BCUT2D eigenvalue weighted by molar-refractivity contribution is -0.137. The van der Waals surface area contributed by atoms with E-state index in [0.717, 1.165) is 12.6 Å². The van der Waals surface area contributed by atoms with Crippen molar-refractivity contribution < 1.29 is 9.53 Å². The Morgan fingerprint density at radius 3 is 2.55 bits per heavy atom. The third-order valence-corrected chi connectivity index (χ3v) is 0.949. The highest BCUT2D eigenvalue weighted by Gasteiger charge is 1.94. The summed E-state index contributed by atoms with van der Waals surface area (Å²) in [7, 11) is 3.84. The van der Waals surface area contributed by atoms with Gasteiger partial charge in [-0.15, -0.1) is 12.4 Å². The Hall–Kier alpha value is -0.540. The number of esters is 1. The van der Waals surface area contributed by atoms with E-state index in [4.69, 9.17) is 4.74 Å². The molecule has 0 heterocycles. The van der Waals surface area contributed by atoms with E-state index in [1.165, 1.54) is 0 Å². The van der Waals surface area contributed by atoms with Gasteiger partial charge in [0.25, 0.3) is 0 Å². The van der Waals surface area contributed by atoms with Crippen LogP contribution in [0.3, 0.4) is 0 Å². The normalized spacial score (nSPS) is 8.64. The largest absolute Gasteiger partial charge is 0.461 e. The van der Waals surface area contributed by atoms with Gasteiger partial charge in [0.15, 0.2) is 0 Å². The van der Waals surface area contributed by atoms with Gasteiger partial charge in [-0.25, -0.2) is 4.79 Å². The fraction of sp³-hybridized carbons (Fsp3) is 0.571. The summed E-state index contributed by atoms with van der Waals surface area (Å²) in [6, 6.07) is 0. The molecule has 0 aromatic heterocycles. The summed E-state index contributed by atoms with van der Waals surface area (Å²) >= 11 is 0. The third kappa shape index (κ3) is 9.46. The second kappa shape index (κ2) is 7.57. The predicted octanol–water partition coefficient (Wildman–Crippen LogP) is 0.699. The molecule has 0 aromatic carbocycles. The zero-order chi connectivity index (χ0) is 7.98. The number of carbonyl (C=O) groups is 1. The standard InChI is InChI=1S/C7H13NO2.ClH/c1-4-7(9)10-6-5-8(2)3;/h4H,1,5-6H2,2-3H3;1H. The molecule has 0 saturated heterocycles. The van der Waals surface area contributed by atoms with Gasteiger partial charge in [0.2, 0.25) is 0 Å². The maximum atomic E-state index is 10.4. The van der Waals surface area contributed by atoms with Crippen LogP contribution in [0.25, 0.3) is 0 Å². The average Bonchev–Trinajstić information content (AvgIpc) is 1.87. The van der Waals surface area contributed by atoms with E-state index in [1.54, 1.807) is 0 Å². The molecule has 0 atom stereocenters. The summed E-state index contributed by atoms with van der Waals surface area (Å²) in [6.45, 7) is 4.45. The predicted molar refractivity (Wildman–Crippen MR) is 47.0 cm³/mol. The van der Waals surface area contributed by atoms with Gasteiger partial charge in [-0.1, -0.05) is 6.58 Å². The van der Waals surface area contributed by atoms with Crippen LogP contribution in [0.4, 0.5) is 0 Å². The molecule has 0 saturated carbocycles. The van der Waals surface area contributed by atoms with Crippen LogP contribution in [0, 0.1) is 0 Å². The van der Waals surface area contributed by atoms with Gasteiger partial charge in [-0.3, -0.25) is 0 Å². The zero-order valence-electron chi connectivity index (χ0n) is 6.87. The van der Waals surface area contributed by atoms with Crippen LogP contribution in [-0.2, 0) is 9.53 Å². The van der Waals surface area contributed by atoms with Gasteiger partial charge < -0.3 is 9.64 Å². The molecule has 0 aliphatic carbocycles. The van der Waals surface area contributed by atoms with Crippen molar-refractivity contribution in [1.82, 2.24) is 4.90 Å². The van der Waals surface area contributed by atoms with E-state index in [-0.39, 0.29) is 18.4 Å². The molecule has 0 aromatic rings. The molecule has 0 aliphatic rings. The van der Waals surface area contributed by atoms with Gasteiger partial charge in [-0.2, -0.15) is 0 Å². The molecule has 0 N–H and O–H groups in total. The molecule has 66 valence electrons. The van der Waals surface area contributed by atoms with E-state index >= 15 is 0 Å². The van der Waals surface area contributed by atoms with E-state index < -0.39 is 0 Å². The summed E-state index contributed by atoms with van der Waals surface area (Å²) in [4.78, 5) is 12.4. The first-order valence-corrected chi connectivity index (χ1v) is 3.10. The second-order valence-electron chi connectivity index (χ2n) is 2.17. The molecular weight excluding hydrogens is 166 g/mol. The Kier molecular flexibility index (Phi) is 9.00. The molecule has 0 spiro atoms. The number of hydrogen-bond donors (Lipinski definition) is 0. The van der Waals surface area contributed by atoms with Gasteiger partial charge >= 0.3 is 5.97 Å². The summed E-state index contributed by atoms with van der Waals surface area (Å²) in [5, 5.41) is 0. The van der Waals surface area contributed by atoms with E-state index in [9.17, 15) is 4.79 Å². The second-order valence-corrected chi connectivity index (χ2v) is 2.17. The minimum absolute atomic E-state index is 0. The van der Waals surface area contributed by atoms with Gasteiger partial charge in [-0.05, 0) is 14.1 Å². The quantitative estimate of drug-likeness (QED) is 0.470. The number of likely N-dealkylation sites (N-methyl/N-ethyl adjacent to an activating group) is 1. The molecule has 3 nitrogen and oxygen atoms in total. The highest BCUT2D eigenvalue weighted by atomic mass is 35.5. The van der Waals surface area contributed by atoms with Crippen molar-refractivity contribution >= 4 is 18.4 Å². The summed E-state index contributed by atoms with van der Waals surface area (Å²) < 4.78 is 4.70. The van der Waals surface area contributed by atoms with Crippen LogP contribution in [0.2, 0.25) is 0 Å². The lowest BCUT2D eigenvalue weighted by Gasteiger charge is -2.07. The average molecular weight is 180 g/mol. The van der Waals surface area contributed by atoms with Gasteiger partial charge in [0, 0.05) is 12.6 Å². The Balaban J connectivity index is 0. The van der Waals surface area contributed by atoms with Crippen LogP contribution in [0.5, 0.6) is 0 Å². The fourth-order valence-corrected chi connectivity index (χ4v) is 0.388. The SMILES string of the molecule is C=CC(=O)OCCN(C)C.Cl. The molecule has 0 fully saturated rings. The Bertz CT molecular complexity index is 126. The van der Waals surface area contributed by atoms with E-state index in [2.05, 4.69) is 6.58 Å². The minimum Gasteiger partial charge on any atom is -0.461 e. The van der Waals surface area contributed by atoms with E-state index in [0.29, 0.717) is 6.61 Å². The summed E-state index contributed by atoms with van der Waals surface area (Å²) in [5.41, 5.74) is 0. The van der Waals surface area contributed by atoms with Crippen LogP contribution in [0.15, 0.2) is 12.7 Å². The van der Waals surface area contributed by atoms with Gasteiger partial charge in [0.1, 0.15) is 6.61 Å². The highest BCUT2D eigenvalue weighted by Crippen LogP contribution is 1.80. The first kappa shape index (κ1) is 13.1. The number of carbonyl (C=O) groups excluding carboxylic acids is 1. The Morgan fingerprint density at radius 2 is 2.18 bits per heavy atom. The smallest absolute Gasteiger partial charge is 0.330 e. The van der Waals surface area contributed by atoms with Crippen LogP contribution in [-0.4, -0.2) is 38.1 Å². The fourth-order valence-electron chi connectivity index (χ4n) is 0.388. The van der Waals surface area contributed by atoms with Crippen molar-refractivity contribution in [1.29, 1.82) is 0 Å². The number of halogens is 1. The van der Waals surface area contributed by atoms with Crippen molar-refractivity contribution in [2.45, 2.75) is 0 Å².